The summed E-state index contributed by atoms with van der Waals surface area (Å²) in [7, 11) is 0. The zero-order chi connectivity index (χ0) is 15.5. The van der Waals surface area contributed by atoms with Gasteiger partial charge in [-0.2, -0.15) is 11.3 Å². The van der Waals surface area contributed by atoms with Gasteiger partial charge in [0.05, 0.1) is 18.1 Å². The smallest absolute Gasteiger partial charge is 0.294 e. The average Bonchev–Trinajstić information content (AvgIpc) is 3.12. The van der Waals surface area contributed by atoms with E-state index < -0.39 is 11.1 Å². The molecule has 3 rings (SSSR count). The van der Waals surface area contributed by atoms with Crippen LogP contribution in [0.15, 0.2) is 21.7 Å². The van der Waals surface area contributed by atoms with Gasteiger partial charge in [-0.05, 0) is 40.2 Å². The molecule has 2 aliphatic heterocycles. The van der Waals surface area contributed by atoms with Crippen molar-refractivity contribution in [2.24, 2.45) is 0 Å². The molecule has 0 saturated carbocycles. The SMILES string of the molecule is O=C(CN1C(=O)S/C(=C\c2ccsc2)C1=O)N1CCOCC1. The van der Waals surface area contributed by atoms with Gasteiger partial charge in [0.1, 0.15) is 6.54 Å². The molecule has 0 aromatic carbocycles. The summed E-state index contributed by atoms with van der Waals surface area (Å²) >= 11 is 2.40. The fourth-order valence-corrected chi connectivity index (χ4v) is 3.65. The van der Waals surface area contributed by atoms with Crippen LogP contribution in [0.3, 0.4) is 0 Å². The molecule has 0 bridgehead atoms. The van der Waals surface area contributed by atoms with Gasteiger partial charge in [-0.25, -0.2) is 0 Å². The molecule has 0 aliphatic carbocycles. The summed E-state index contributed by atoms with van der Waals surface area (Å²) in [5.74, 6) is -0.620. The van der Waals surface area contributed by atoms with Crippen LogP contribution in [-0.4, -0.2) is 59.7 Å². The van der Waals surface area contributed by atoms with Crippen LogP contribution in [0.5, 0.6) is 0 Å². The van der Waals surface area contributed by atoms with Gasteiger partial charge >= 0.3 is 0 Å². The van der Waals surface area contributed by atoms with Crippen LogP contribution in [0.2, 0.25) is 0 Å². The Morgan fingerprint density at radius 2 is 2.09 bits per heavy atom. The lowest BCUT2D eigenvalue weighted by Gasteiger charge is -2.27. The molecule has 0 radical (unpaired) electrons. The lowest BCUT2D eigenvalue weighted by Crippen LogP contribution is -2.46. The number of ether oxygens (including phenoxy) is 1. The van der Waals surface area contributed by atoms with E-state index in [2.05, 4.69) is 0 Å². The Labute approximate surface area is 135 Å². The molecule has 3 heterocycles. The van der Waals surface area contributed by atoms with E-state index in [1.54, 1.807) is 11.0 Å². The second kappa shape index (κ2) is 6.64. The molecule has 2 aliphatic rings. The van der Waals surface area contributed by atoms with Crippen LogP contribution in [0.4, 0.5) is 4.79 Å². The summed E-state index contributed by atoms with van der Waals surface area (Å²) < 4.78 is 5.18. The van der Waals surface area contributed by atoms with Crippen molar-refractivity contribution in [3.05, 3.63) is 27.3 Å². The summed E-state index contributed by atoms with van der Waals surface area (Å²) in [6.07, 6.45) is 1.68. The highest BCUT2D eigenvalue weighted by atomic mass is 32.2. The maximum atomic E-state index is 12.3. The van der Waals surface area contributed by atoms with Crippen molar-refractivity contribution in [2.75, 3.05) is 32.8 Å². The largest absolute Gasteiger partial charge is 0.378 e. The first-order valence-corrected chi connectivity index (χ1v) is 8.54. The Morgan fingerprint density at radius 3 is 2.77 bits per heavy atom. The summed E-state index contributed by atoms with van der Waals surface area (Å²) in [6, 6.07) is 1.87. The fourth-order valence-electron chi connectivity index (χ4n) is 2.19. The van der Waals surface area contributed by atoms with Gasteiger partial charge in [-0.15, -0.1) is 0 Å². The Hall–Kier alpha value is -1.64. The average molecular weight is 338 g/mol. The van der Waals surface area contributed by atoms with Crippen molar-refractivity contribution < 1.29 is 19.1 Å². The molecule has 0 unspecified atom stereocenters. The van der Waals surface area contributed by atoms with Crippen molar-refractivity contribution in [3.8, 4) is 0 Å². The molecule has 6 nitrogen and oxygen atoms in total. The number of amides is 3. The highest BCUT2D eigenvalue weighted by Gasteiger charge is 2.37. The number of thioether (sulfide) groups is 1. The van der Waals surface area contributed by atoms with E-state index in [-0.39, 0.29) is 12.5 Å². The molecule has 0 N–H and O–H groups in total. The van der Waals surface area contributed by atoms with Gasteiger partial charge in [-0.3, -0.25) is 19.3 Å². The van der Waals surface area contributed by atoms with E-state index in [1.807, 2.05) is 16.8 Å². The first kappa shape index (κ1) is 15.3. The topological polar surface area (TPSA) is 66.9 Å². The highest BCUT2D eigenvalue weighted by molar-refractivity contribution is 8.18. The van der Waals surface area contributed by atoms with Crippen molar-refractivity contribution in [2.45, 2.75) is 0 Å². The number of thiophene rings is 1. The number of carbonyl (C=O) groups is 3. The quantitative estimate of drug-likeness (QED) is 0.784. The monoisotopic (exact) mass is 338 g/mol. The van der Waals surface area contributed by atoms with E-state index in [4.69, 9.17) is 4.74 Å². The van der Waals surface area contributed by atoms with Crippen LogP contribution in [-0.2, 0) is 14.3 Å². The van der Waals surface area contributed by atoms with Crippen LogP contribution in [0.1, 0.15) is 5.56 Å². The first-order valence-electron chi connectivity index (χ1n) is 6.78. The number of nitrogens with zero attached hydrogens (tertiary/aromatic N) is 2. The third kappa shape index (κ3) is 3.23. The third-order valence-corrected chi connectivity index (χ3v) is 4.98. The number of imide groups is 1. The van der Waals surface area contributed by atoms with Gasteiger partial charge in [-0.1, -0.05) is 0 Å². The molecular formula is C14H14N2O4S2. The second-order valence-corrected chi connectivity index (χ2v) is 6.59. The second-order valence-electron chi connectivity index (χ2n) is 4.82. The van der Waals surface area contributed by atoms with E-state index >= 15 is 0 Å². The molecule has 2 saturated heterocycles. The third-order valence-electron chi connectivity index (χ3n) is 3.37. The van der Waals surface area contributed by atoms with Crippen LogP contribution in [0, 0.1) is 0 Å². The zero-order valence-electron chi connectivity index (χ0n) is 11.7. The van der Waals surface area contributed by atoms with Crippen LogP contribution >= 0.6 is 23.1 Å². The minimum atomic E-state index is -0.400. The lowest BCUT2D eigenvalue weighted by molar-refractivity contribution is -0.139. The Morgan fingerprint density at radius 1 is 1.32 bits per heavy atom. The first-order chi connectivity index (χ1) is 10.6. The molecule has 2 fully saturated rings. The predicted molar refractivity (Wildman–Crippen MR) is 84.4 cm³/mol. The molecule has 22 heavy (non-hydrogen) atoms. The lowest BCUT2D eigenvalue weighted by atomic mass is 10.3. The van der Waals surface area contributed by atoms with Gasteiger partial charge in [0.25, 0.3) is 11.1 Å². The maximum absolute atomic E-state index is 12.3. The molecule has 116 valence electrons. The summed E-state index contributed by atoms with van der Waals surface area (Å²) in [5, 5.41) is 3.40. The van der Waals surface area contributed by atoms with E-state index in [1.165, 1.54) is 11.3 Å². The summed E-state index contributed by atoms with van der Waals surface area (Å²) in [4.78, 5) is 39.4. The van der Waals surface area contributed by atoms with E-state index in [0.717, 1.165) is 22.2 Å². The summed E-state index contributed by atoms with van der Waals surface area (Å²) in [6.45, 7) is 1.78. The standard InChI is InChI=1S/C14H14N2O4S2/c17-12(15-2-4-20-5-3-15)8-16-13(18)11(22-14(16)19)7-10-1-6-21-9-10/h1,6-7,9H,2-5,8H2/b11-7-. The number of rotatable bonds is 3. The number of morpholine rings is 1. The molecule has 1 aromatic rings. The Kier molecular flexibility index (Phi) is 4.60. The van der Waals surface area contributed by atoms with Gasteiger partial charge in [0.2, 0.25) is 5.91 Å². The van der Waals surface area contributed by atoms with Crippen LogP contribution < -0.4 is 0 Å². The van der Waals surface area contributed by atoms with Crippen molar-refractivity contribution in [3.63, 3.8) is 0 Å². The Balaban J connectivity index is 1.68. The number of carbonyl (C=O) groups excluding carboxylic acids is 3. The molecule has 0 spiro atoms. The summed E-state index contributed by atoms with van der Waals surface area (Å²) in [5.41, 5.74) is 0.884. The normalized spacial score (nSPS) is 21.0. The molecule has 3 amide bonds. The maximum Gasteiger partial charge on any atom is 0.294 e. The van der Waals surface area contributed by atoms with E-state index in [0.29, 0.717) is 31.2 Å². The number of hydrogen-bond donors (Lipinski definition) is 0. The van der Waals surface area contributed by atoms with Gasteiger partial charge < -0.3 is 9.64 Å². The van der Waals surface area contributed by atoms with Crippen molar-refractivity contribution >= 4 is 46.2 Å². The number of hydrogen-bond acceptors (Lipinski definition) is 6. The molecule has 8 heteroatoms. The van der Waals surface area contributed by atoms with Gasteiger partial charge in [0.15, 0.2) is 0 Å². The minimum Gasteiger partial charge on any atom is -0.378 e. The van der Waals surface area contributed by atoms with Crippen molar-refractivity contribution in [1.29, 1.82) is 0 Å². The predicted octanol–water partition coefficient (Wildman–Crippen LogP) is 1.64. The Bertz CT molecular complexity index is 621. The fraction of sp³-hybridized carbons (Fsp3) is 0.357. The van der Waals surface area contributed by atoms with E-state index in [9.17, 15) is 14.4 Å². The highest BCUT2D eigenvalue weighted by Crippen LogP contribution is 2.32. The van der Waals surface area contributed by atoms with Gasteiger partial charge in [0, 0.05) is 13.1 Å². The molecule has 0 atom stereocenters. The van der Waals surface area contributed by atoms with Crippen molar-refractivity contribution in [1.82, 2.24) is 9.80 Å². The molecular weight excluding hydrogens is 324 g/mol. The minimum absolute atomic E-state index is 0.203. The molecule has 1 aromatic heterocycles. The zero-order valence-corrected chi connectivity index (χ0v) is 13.3. The van der Waals surface area contributed by atoms with Crippen LogP contribution in [0.25, 0.3) is 6.08 Å².